The van der Waals surface area contributed by atoms with Gasteiger partial charge in [0.25, 0.3) is 0 Å². The molecule has 1 rings (SSSR count). The molecule has 1 nitrogen and oxygen atoms in total. The van der Waals surface area contributed by atoms with Crippen LogP contribution in [0.15, 0.2) is 11.4 Å². The minimum atomic E-state index is 0.301. The Morgan fingerprint density at radius 1 is 1.38 bits per heavy atom. The third-order valence-corrected chi connectivity index (χ3v) is 2.96. The summed E-state index contributed by atoms with van der Waals surface area (Å²) in [4.78, 5) is 12.4. The topological polar surface area (TPSA) is 17.1 Å². The highest BCUT2D eigenvalue weighted by atomic mass is 32.1. The monoisotopic (exact) mass is 196 g/mol. The second-order valence-electron chi connectivity index (χ2n) is 3.24. The van der Waals surface area contributed by atoms with Gasteiger partial charge in [0, 0.05) is 6.42 Å². The summed E-state index contributed by atoms with van der Waals surface area (Å²) in [5.41, 5.74) is 1.31. The number of rotatable bonds is 5. The van der Waals surface area contributed by atoms with Crippen molar-refractivity contribution in [1.29, 1.82) is 0 Å². The lowest BCUT2D eigenvalue weighted by Gasteiger charge is -1.92. The molecule has 1 aromatic rings. The van der Waals surface area contributed by atoms with Crippen LogP contribution in [0.5, 0.6) is 0 Å². The van der Waals surface area contributed by atoms with Crippen molar-refractivity contribution in [3.63, 3.8) is 0 Å². The highest BCUT2D eigenvalue weighted by molar-refractivity contribution is 7.12. The number of carbonyl (C=O) groups excluding carboxylic acids is 1. The predicted molar refractivity (Wildman–Crippen MR) is 57.6 cm³/mol. The highest BCUT2D eigenvalue weighted by Crippen LogP contribution is 2.18. The first-order chi connectivity index (χ1) is 6.27. The lowest BCUT2D eigenvalue weighted by atomic mass is 10.1. The van der Waals surface area contributed by atoms with Crippen LogP contribution in [-0.2, 0) is 6.42 Å². The van der Waals surface area contributed by atoms with Gasteiger partial charge in [0.2, 0.25) is 0 Å². The minimum Gasteiger partial charge on any atom is -0.293 e. The summed E-state index contributed by atoms with van der Waals surface area (Å²) in [5.74, 6) is 0.301. The zero-order chi connectivity index (χ0) is 9.68. The Morgan fingerprint density at radius 3 is 2.77 bits per heavy atom. The Bertz CT molecular complexity index is 275. The molecule has 0 saturated carbocycles. The molecule has 0 aromatic carbocycles. The van der Waals surface area contributed by atoms with Crippen molar-refractivity contribution in [2.75, 3.05) is 0 Å². The number of aryl methyl sites for hydroxylation is 1. The molecule has 0 unspecified atom stereocenters. The number of thiophene rings is 1. The van der Waals surface area contributed by atoms with Crippen LogP contribution in [0.1, 0.15) is 48.3 Å². The van der Waals surface area contributed by atoms with E-state index in [4.69, 9.17) is 0 Å². The molecule has 0 saturated heterocycles. The zero-order valence-corrected chi connectivity index (χ0v) is 9.12. The molecular weight excluding hydrogens is 180 g/mol. The smallest absolute Gasteiger partial charge is 0.172 e. The molecule has 0 radical (unpaired) electrons. The summed E-state index contributed by atoms with van der Waals surface area (Å²) in [6.45, 7) is 4.20. The summed E-state index contributed by atoms with van der Waals surface area (Å²) in [5, 5.41) is 2.10. The van der Waals surface area contributed by atoms with Gasteiger partial charge in [0.1, 0.15) is 0 Å². The van der Waals surface area contributed by atoms with Crippen LogP contribution in [0.25, 0.3) is 0 Å². The number of hydrogen-bond acceptors (Lipinski definition) is 2. The predicted octanol–water partition coefficient (Wildman–Crippen LogP) is 3.68. The molecule has 1 heterocycles. The van der Waals surface area contributed by atoms with Gasteiger partial charge in [-0.05, 0) is 29.9 Å². The average molecular weight is 196 g/mol. The Kier molecular flexibility index (Phi) is 4.16. The molecular formula is C11H16OS. The Hall–Kier alpha value is -0.630. The quantitative estimate of drug-likeness (QED) is 0.656. The second-order valence-corrected chi connectivity index (χ2v) is 4.15. The fourth-order valence-corrected chi connectivity index (χ4v) is 2.21. The summed E-state index contributed by atoms with van der Waals surface area (Å²) < 4.78 is 0. The van der Waals surface area contributed by atoms with Crippen molar-refractivity contribution >= 4 is 17.1 Å². The number of Topliss-reactive ketones (excluding diaryl/α,β-unsaturated/α-hetero) is 1. The van der Waals surface area contributed by atoms with E-state index in [1.807, 2.05) is 13.0 Å². The fraction of sp³-hybridized carbons (Fsp3) is 0.545. The highest BCUT2D eigenvalue weighted by Gasteiger charge is 2.07. The molecule has 0 atom stereocenters. The molecule has 0 aliphatic carbocycles. The van der Waals surface area contributed by atoms with Crippen LogP contribution < -0.4 is 0 Å². The molecule has 0 N–H and O–H groups in total. The van der Waals surface area contributed by atoms with Crippen LogP contribution >= 0.6 is 11.3 Å². The Balaban J connectivity index is 2.62. The largest absolute Gasteiger partial charge is 0.293 e. The van der Waals surface area contributed by atoms with Crippen LogP contribution in [0.2, 0.25) is 0 Å². The number of hydrogen-bond donors (Lipinski definition) is 0. The van der Waals surface area contributed by atoms with E-state index < -0.39 is 0 Å². The lowest BCUT2D eigenvalue weighted by Crippen LogP contribution is -1.93. The van der Waals surface area contributed by atoms with Gasteiger partial charge in [-0.25, -0.2) is 0 Å². The van der Waals surface area contributed by atoms with Crippen LogP contribution in [0, 0.1) is 0 Å². The van der Waals surface area contributed by atoms with Gasteiger partial charge in [-0.1, -0.05) is 20.3 Å². The molecule has 1 aromatic heterocycles. The first-order valence-corrected chi connectivity index (χ1v) is 5.76. The normalized spacial score (nSPS) is 10.3. The molecule has 0 bridgehead atoms. The van der Waals surface area contributed by atoms with E-state index in [1.165, 1.54) is 5.56 Å². The summed E-state index contributed by atoms with van der Waals surface area (Å²) in [6, 6.07) is 2.05. The molecule has 0 spiro atoms. The molecule has 0 aliphatic heterocycles. The Labute approximate surface area is 83.8 Å². The summed E-state index contributed by atoms with van der Waals surface area (Å²) in [6.07, 6.45) is 3.87. The fourth-order valence-electron chi connectivity index (χ4n) is 1.29. The van der Waals surface area contributed by atoms with Crippen molar-refractivity contribution in [2.45, 2.75) is 39.5 Å². The second kappa shape index (κ2) is 5.18. The first kappa shape index (κ1) is 10.5. The van der Waals surface area contributed by atoms with Crippen molar-refractivity contribution in [3.05, 3.63) is 21.9 Å². The van der Waals surface area contributed by atoms with Gasteiger partial charge in [0.05, 0.1) is 4.88 Å². The number of ketones is 1. The summed E-state index contributed by atoms with van der Waals surface area (Å²) >= 11 is 1.59. The van der Waals surface area contributed by atoms with Crippen molar-refractivity contribution in [3.8, 4) is 0 Å². The standard InChI is InChI=1S/C11H16OS/c1-3-5-9-7-11(13-8-9)10(12)6-4-2/h7-8H,3-6H2,1-2H3. The van der Waals surface area contributed by atoms with Crippen LogP contribution in [0.3, 0.4) is 0 Å². The van der Waals surface area contributed by atoms with Gasteiger partial charge < -0.3 is 0 Å². The Morgan fingerprint density at radius 2 is 2.15 bits per heavy atom. The van der Waals surface area contributed by atoms with Crippen molar-refractivity contribution < 1.29 is 4.79 Å². The summed E-state index contributed by atoms with van der Waals surface area (Å²) in [7, 11) is 0. The molecule has 2 heteroatoms. The van der Waals surface area contributed by atoms with E-state index in [2.05, 4.69) is 12.3 Å². The first-order valence-electron chi connectivity index (χ1n) is 4.88. The molecule has 0 amide bonds. The number of carbonyl (C=O) groups is 1. The minimum absolute atomic E-state index is 0.301. The molecule has 0 aliphatic rings. The van der Waals surface area contributed by atoms with E-state index >= 15 is 0 Å². The maximum absolute atomic E-state index is 11.5. The maximum Gasteiger partial charge on any atom is 0.172 e. The SMILES string of the molecule is CCCC(=O)c1cc(CCC)cs1. The van der Waals surface area contributed by atoms with Crippen molar-refractivity contribution in [2.24, 2.45) is 0 Å². The van der Waals surface area contributed by atoms with E-state index in [0.29, 0.717) is 12.2 Å². The average Bonchev–Trinajstić information content (AvgIpc) is 2.54. The van der Waals surface area contributed by atoms with E-state index in [9.17, 15) is 4.79 Å². The van der Waals surface area contributed by atoms with Crippen molar-refractivity contribution in [1.82, 2.24) is 0 Å². The van der Waals surface area contributed by atoms with E-state index in [0.717, 1.165) is 24.1 Å². The third kappa shape index (κ3) is 2.96. The maximum atomic E-state index is 11.5. The van der Waals surface area contributed by atoms with Crippen LogP contribution in [0.4, 0.5) is 0 Å². The molecule has 13 heavy (non-hydrogen) atoms. The van der Waals surface area contributed by atoms with Gasteiger partial charge in [-0.3, -0.25) is 4.79 Å². The lowest BCUT2D eigenvalue weighted by molar-refractivity contribution is 0.0985. The molecule has 72 valence electrons. The van der Waals surface area contributed by atoms with E-state index in [-0.39, 0.29) is 0 Å². The van der Waals surface area contributed by atoms with E-state index in [1.54, 1.807) is 11.3 Å². The van der Waals surface area contributed by atoms with Gasteiger partial charge in [-0.2, -0.15) is 0 Å². The van der Waals surface area contributed by atoms with Gasteiger partial charge >= 0.3 is 0 Å². The van der Waals surface area contributed by atoms with Crippen LogP contribution in [-0.4, -0.2) is 5.78 Å². The molecule has 0 fully saturated rings. The van der Waals surface area contributed by atoms with Gasteiger partial charge in [0.15, 0.2) is 5.78 Å². The third-order valence-electron chi connectivity index (χ3n) is 1.94. The zero-order valence-electron chi connectivity index (χ0n) is 8.30. The van der Waals surface area contributed by atoms with Gasteiger partial charge in [-0.15, -0.1) is 11.3 Å².